The highest BCUT2D eigenvalue weighted by Crippen LogP contribution is 2.30. The van der Waals surface area contributed by atoms with Crippen LogP contribution in [0.5, 0.6) is 0 Å². The van der Waals surface area contributed by atoms with Gasteiger partial charge >= 0.3 is 12.1 Å². The highest BCUT2D eigenvalue weighted by atomic mass is 16.6. The zero-order chi connectivity index (χ0) is 18.1. The number of carboxylic acids is 1. The van der Waals surface area contributed by atoms with E-state index < -0.39 is 47.8 Å². The molecule has 134 valence electrons. The van der Waals surface area contributed by atoms with Crippen molar-refractivity contribution in [1.29, 1.82) is 0 Å². The summed E-state index contributed by atoms with van der Waals surface area (Å²) in [6.45, 7) is 5.12. The van der Waals surface area contributed by atoms with Crippen molar-refractivity contribution in [2.24, 2.45) is 0 Å². The lowest BCUT2D eigenvalue weighted by atomic mass is 10.0. The molecule has 0 bridgehead atoms. The SMILES string of the molecule is CC(C)(C)OC(=O)N[C@H]1C/C=C\C[C@H]2[C@H](O)C[C@@H](C(=O)O)N2C1=O. The number of nitrogens with one attached hydrogen (secondary N) is 1. The lowest BCUT2D eigenvalue weighted by Crippen LogP contribution is -2.55. The number of aliphatic hydroxyl groups excluding tert-OH is 1. The van der Waals surface area contributed by atoms with Gasteiger partial charge in [-0.05, 0) is 33.6 Å². The van der Waals surface area contributed by atoms with E-state index in [-0.39, 0.29) is 12.8 Å². The van der Waals surface area contributed by atoms with Gasteiger partial charge in [0.1, 0.15) is 17.7 Å². The van der Waals surface area contributed by atoms with Crippen molar-refractivity contribution in [3.05, 3.63) is 12.2 Å². The number of ether oxygens (including phenoxy) is 1. The summed E-state index contributed by atoms with van der Waals surface area (Å²) < 4.78 is 5.16. The van der Waals surface area contributed by atoms with Crippen LogP contribution in [0.25, 0.3) is 0 Å². The number of hydrogen-bond donors (Lipinski definition) is 3. The van der Waals surface area contributed by atoms with Gasteiger partial charge in [-0.15, -0.1) is 0 Å². The van der Waals surface area contributed by atoms with Crippen LogP contribution >= 0.6 is 0 Å². The molecule has 0 aliphatic carbocycles. The summed E-state index contributed by atoms with van der Waals surface area (Å²) in [6.07, 6.45) is 2.51. The fourth-order valence-electron chi connectivity index (χ4n) is 3.04. The van der Waals surface area contributed by atoms with Crippen molar-refractivity contribution in [2.45, 2.75) is 69.9 Å². The molecule has 2 amide bonds. The summed E-state index contributed by atoms with van der Waals surface area (Å²) in [5, 5.41) is 21.9. The monoisotopic (exact) mass is 340 g/mol. The zero-order valence-electron chi connectivity index (χ0n) is 14.1. The van der Waals surface area contributed by atoms with Gasteiger partial charge in [0, 0.05) is 6.42 Å². The molecule has 2 rings (SSSR count). The van der Waals surface area contributed by atoms with E-state index in [9.17, 15) is 24.6 Å². The Hall–Kier alpha value is -2.09. The van der Waals surface area contributed by atoms with Crippen LogP contribution in [0.4, 0.5) is 4.79 Å². The summed E-state index contributed by atoms with van der Waals surface area (Å²) in [4.78, 5) is 37.4. The third-order valence-electron chi connectivity index (χ3n) is 4.05. The third-order valence-corrected chi connectivity index (χ3v) is 4.05. The second-order valence-electron chi connectivity index (χ2n) is 7.11. The number of rotatable bonds is 2. The Balaban J connectivity index is 2.20. The number of carboxylic acid groups (broad SMARTS) is 1. The number of nitrogens with zero attached hydrogens (tertiary/aromatic N) is 1. The number of carbonyl (C=O) groups excluding carboxylic acids is 2. The Kier molecular flexibility index (Phi) is 5.17. The van der Waals surface area contributed by atoms with E-state index in [4.69, 9.17) is 4.74 Å². The fraction of sp³-hybridized carbons (Fsp3) is 0.688. The van der Waals surface area contributed by atoms with Crippen LogP contribution in [-0.4, -0.2) is 62.9 Å². The van der Waals surface area contributed by atoms with Gasteiger partial charge in [-0.25, -0.2) is 9.59 Å². The molecule has 0 aromatic rings. The highest BCUT2D eigenvalue weighted by Gasteiger charge is 2.48. The lowest BCUT2D eigenvalue weighted by Gasteiger charge is -2.33. The molecule has 3 N–H and O–H groups in total. The molecule has 2 aliphatic heterocycles. The molecule has 0 radical (unpaired) electrons. The number of aliphatic hydroxyl groups is 1. The molecule has 2 heterocycles. The third kappa shape index (κ3) is 4.05. The minimum Gasteiger partial charge on any atom is -0.480 e. The first-order valence-electron chi connectivity index (χ1n) is 7.97. The minimum absolute atomic E-state index is 0.0151. The van der Waals surface area contributed by atoms with Crippen LogP contribution in [0, 0.1) is 0 Å². The Morgan fingerprint density at radius 3 is 2.50 bits per heavy atom. The summed E-state index contributed by atoms with van der Waals surface area (Å²) in [6, 6.07) is -2.61. The van der Waals surface area contributed by atoms with Crippen molar-refractivity contribution >= 4 is 18.0 Å². The second kappa shape index (κ2) is 6.80. The van der Waals surface area contributed by atoms with E-state index in [0.29, 0.717) is 6.42 Å². The first-order valence-corrected chi connectivity index (χ1v) is 7.97. The van der Waals surface area contributed by atoms with Gasteiger partial charge in [0.25, 0.3) is 0 Å². The number of aliphatic carboxylic acids is 1. The number of carbonyl (C=O) groups is 3. The second-order valence-corrected chi connectivity index (χ2v) is 7.11. The van der Waals surface area contributed by atoms with Crippen LogP contribution in [0.3, 0.4) is 0 Å². The van der Waals surface area contributed by atoms with Gasteiger partial charge < -0.3 is 25.2 Å². The van der Waals surface area contributed by atoms with Crippen LogP contribution in [0.1, 0.15) is 40.0 Å². The van der Waals surface area contributed by atoms with Crippen LogP contribution in [0.15, 0.2) is 12.2 Å². The van der Waals surface area contributed by atoms with E-state index in [1.807, 2.05) is 0 Å². The molecule has 8 heteroatoms. The van der Waals surface area contributed by atoms with Crippen LogP contribution in [-0.2, 0) is 14.3 Å². The molecular weight excluding hydrogens is 316 g/mol. The molecule has 1 fully saturated rings. The van der Waals surface area contributed by atoms with Crippen molar-refractivity contribution < 1.29 is 29.3 Å². The topological polar surface area (TPSA) is 116 Å². The lowest BCUT2D eigenvalue weighted by molar-refractivity contribution is -0.150. The molecule has 2 aliphatic rings. The zero-order valence-corrected chi connectivity index (χ0v) is 14.1. The summed E-state index contributed by atoms with van der Waals surface area (Å²) in [5.74, 6) is -1.68. The number of fused-ring (bicyclic) bond motifs is 1. The average molecular weight is 340 g/mol. The molecule has 0 unspecified atom stereocenters. The Labute approximate surface area is 140 Å². The van der Waals surface area contributed by atoms with E-state index in [1.54, 1.807) is 32.9 Å². The molecule has 24 heavy (non-hydrogen) atoms. The number of amides is 2. The Morgan fingerprint density at radius 1 is 1.29 bits per heavy atom. The maximum Gasteiger partial charge on any atom is 0.408 e. The van der Waals surface area contributed by atoms with E-state index in [2.05, 4.69) is 5.32 Å². The molecule has 0 spiro atoms. The molecule has 8 nitrogen and oxygen atoms in total. The maximum absolute atomic E-state index is 12.8. The normalized spacial score (nSPS) is 31.7. The summed E-state index contributed by atoms with van der Waals surface area (Å²) in [5.41, 5.74) is -0.708. The molecular formula is C16H24N2O6. The van der Waals surface area contributed by atoms with Crippen LogP contribution < -0.4 is 5.32 Å². The molecule has 0 saturated carbocycles. The molecule has 0 aromatic carbocycles. The van der Waals surface area contributed by atoms with Crippen molar-refractivity contribution in [3.8, 4) is 0 Å². The van der Waals surface area contributed by atoms with E-state index >= 15 is 0 Å². The number of hydrogen-bond acceptors (Lipinski definition) is 5. The molecule has 4 atom stereocenters. The van der Waals surface area contributed by atoms with Crippen molar-refractivity contribution in [1.82, 2.24) is 10.2 Å². The fourth-order valence-corrected chi connectivity index (χ4v) is 3.04. The standard InChI is InChI=1S/C16H24N2O6/c1-16(2,3)24-15(23)17-9-6-4-5-7-10-12(19)8-11(14(21)22)18(10)13(9)20/h4-5,9-12,19H,6-8H2,1-3H3,(H,17,23)(H,21,22)/b5-4-/t9-,10-,11-,12+/m0/s1. The Bertz CT molecular complexity index is 553. The maximum atomic E-state index is 12.8. The van der Waals surface area contributed by atoms with Gasteiger partial charge in [-0.1, -0.05) is 12.2 Å². The largest absolute Gasteiger partial charge is 0.480 e. The molecule has 0 aromatic heterocycles. The highest BCUT2D eigenvalue weighted by molar-refractivity contribution is 5.90. The first-order chi connectivity index (χ1) is 11.1. The Morgan fingerprint density at radius 2 is 1.92 bits per heavy atom. The van der Waals surface area contributed by atoms with Crippen molar-refractivity contribution in [2.75, 3.05) is 0 Å². The van der Waals surface area contributed by atoms with Gasteiger partial charge in [0.05, 0.1) is 12.1 Å². The van der Waals surface area contributed by atoms with Gasteiger partial charge in [0.2, 0.25) is 5.91 Å². The first kappa shape index (κ1) is 18.3. The van der Waals surface area contributed by atoms with Gasteiger partial charge in [0.15, 0.2) is 0 Å². The summed E-state index contributed by atoms with van der Waals surface area (Å²) in [7, 11) is 0. The van der Waals surface area contributed by atoms with Crippen molar-refractivity contribution in [3.63, 3.8) is 0 Å². The average Bonchev–Trinajstić information content (AvgIpc) is 2.74. The summed E-state index contributed by atoms with van der Waals surface area (Å²) >= 11 is 0. The smallest absolute Gasteiger partial charge is 0.408 e. The number of alkyl carbamates (subject to hydrolysis) is 1. The predicted octanol–water partition coefficient (Wildman–Crippen LogP) is 0.645. The molecule has 1 saturated heterocycles. The quantitative estimate of drug-likeness (QED) is 0.636. The van der Waals surface area contributed by atoms with Gasteiger partial charge in [-0.3, -0.25) is 4.79 Å². The van der Waals surface area contributed by atoms with E-state index in [0.717, 1.165) is 0 Å². The van der Waals surface area contributed by atoms with E-state index in [1.165, 1.54) is 4.90 Å². The predicted molar refractivity (Wildman–Crippen MR) is 84.2 cm³/mol. The minimum atomic E-state index is -1.16. The van der Waals surface area contributed by atoms with Crippen LogP contribution in [0.2, 0.25) is 0 Å². The van der Waals surface area contributed by atoms with Gasteiger partial charge in [-0.2, -0.15) is 0 Å².